The maximum atomic E-state index is 12.5. The molecule has 382 valence electrons. The standard InChI is InChI=1S/C59H111NO5/c1-3-5-7-9-11-13-15-17-18-21-24-28-31-35-39-43-47-51-57(62)56(55-61)60-58(63)52-48-44-40-36-32-29-25-22-19-20-23-26-30-34-38-42-46-50-54-65-59(64)53-49-45-41-37-33-27-16-14-12-10-8-6-4-2/h8,10,14,16,47,51,56-57,61-62H,3-7,9,11-13,15,17-46,48-50,52-55H2,1-2H3,(H,60,63)/b10-8-,16-14-,51-47+. The van der Waals surface area contributed by atoms with Gasteiger partial charge in [-0.25, -0.2) is 0 Å². The summed E-state index contributed by atoms with van der Waals surface area (Å²) in [4.78, 5) is 24.5. The number of hydrogen-bond donors (Lipinski definition) is 3. The quantitative estimate of drug-likeness (QED) is 0.0321. The molecule has 0 saturated heterocycles. The molecule has 0 aromatic heterocycles. The lowest BCUT2D eigenvalue weighted by atomic mass is 10.0. The van der Waals surface area contributed by atoms with E-state index in [2.05, 4.69) is 43.5 Å². The van der Waals surface area contributed by atoms with Crippen molar-refractivity contribution in [2.75, 3.05) is 13.2 Å². The van der Waals surface area contributed by atoms with Crippen LogP contribution in [0.5, 0.6) is 0 Å². The lowest BCUT2D eigenvalue weighted by Crippen LogP contribution is -2.45. The van der Waals surface area contributed by atoms with E-state index in [1.165, 1.54) is 225 Å². The molecule has 0 aromatic carbocycles. The monoisotopic (exact) mass is 914 g/mol. The van der Waals surface area contributed by atoms with Crippen molar-refractivity contribution in [1.29, 1.82) is 0 Å². The number of nitrogens with one attached hydrogen (secondary N) is 1. The van der Waals surface area contributed by atoms with Crippen molar-refractivity contribution in [1.82, 2.24) is 5.32 Å². The van der Waals surface area contributed by atoms with Crippen molar-refractivity contribution in [3.63, 3.8) is 0 Å². The largest absolute Gasteiger partial charge is 0.466 e. The van der Waals surface area contributed by atoms with E-state index in [9.17, 15) is 19.8 Å². The van der Waals surface area contributed by atoms with E-state index in [0.717, 1.165) is 51.4 Å². The molecule has 0 aromatic rings. The molecule has 0 spiro atoms. The van der Waals surface area contributed by atoms with Crippen molar-refractivity contribution in [3.05, 3.63) is 36.5 Å². The maximum Gasteiger partial charge on any atom is 0.305 e. The van der Waals surface area contributed by atoms with Gasteiger partial charge < -0.3 is 20.3 Å². The minimum absolute atomic E-state index is 0.00902. The van der Waals surface area contributed by atoms with Crippen molar-refractivity contribution in [2.24, 2.45) is 0 Å². The molecular weight excluding hydrogens is 803 g/mol. The van der Waals surface area contributed by atoms with E-state index in [4.69, 9.17) is 4.74 Å². The first kappa shape index (κ1) is 63.1. The third-order valence-corrected chi connectivity index (χ3v) is 13.1. The van der Waals surface area contributed by atoms with Gasteiger partial charge in [0.2, 0.25) is 5.91 Å². The Morgan fingerprint density at radius 1 is 0.431 bits per heavy atom. The Bertz CT molecular complexity index is 1060. The van der Waals surface area contributed by atoms with E-state index in [-0.39, 0.29) is 18.5 Å². The predicted molar refractivity (Wildman–Crippen MR) is 283 cm³/mol. The summed E-state index contributed by atoms with van der Waals surface area (Å²) in [7, 11) is 0. The van der Waals surface area contributed by atoms with Gasteiger partial charge in [-0.15, -0.1) is 0 Å². The summed E-state index contributed by atoms with van der Waals surface area (Å²) in [5.74, 6) is -0.0802. The molecule has 6 heteroatoms. The summed E-state index contributed by atoms with van der Waals surface area (Å²) in [6, 6.07) is -0.632. The van der Waals surface area contributed by atoms with Crippen LogP contribution >= 0.6 is 0 Å². The van der Waals surface area contributed by atoms with Crippen LogP contribution in [-0.2, 0) is 14.3 Å². The molecule has 2 atom stereocenters. The zero-order valence-corrected chi connectivity index (χ0v) is 43.5. The zero-order valence-electron chi connectivity index (χ0n) is 43.5. The van der Waals surface area contributed by atoms with Crippen molar-refractivity contribution < 1.29 is 24.5 Å². The third kappa shape index (κ3) is 51.3. The Hall–Kier alpha value is -1.92. The highest BCUT2D eigenvalue weighted by Gasteiger charge is 2.18. The fourth-order valence-corrected chi connectivity index (χ4v) is 8.73. The smallest absolute Gasteiger partial charge is 0.305 e. The first-order valence-corrected chi connectivity index (χ1v) is 28.8. The number of aliphatic hydroxyl groups excluding tert-OH is 2. The molecule has 6 nitrogen and oxygen atoms in total. The minimum Gasteiger partial charge on any atom is -0.466 e. The normalized spacial score (nSPS) is 12.9. The van der Waals surface area contributed by atoms with E-state index in [0.29, 0.717) is 19.4 Å². The Kier molecular flexibility index (Phi) is 53.1. The van der Waals surface area contributed by atoms with Crippen LogP contribution in [0.3, 0.4) is 0 Å². The van der Waals surface area contributed by atoms with Gasteiger partial charge >= 0.3 is 5.97 Å². The van der Waals surface area contributed by atoms with Gasteiger partial charge in [0, 0.05) is 12.8 Å². The summed E-state index contributed by atoms with van der Waals surface area (Å²) in [5.41, 5.74) is 0. The predicted octanol–water partition coefficient (Wildman–Crippen LogP) is 17.6. The molecule has 0 aliphatic rings. The number of ether oxygens (including phenoxy) is 1. The van der Waals surface area contributed by atoms with Crippen LogP contribution in [0.15, 0.2) is 36.5 Å². The maximum absolute atomic E-state index is 12.5. The van der Waals surface area contributed by atoms with Crippen molar-refractivity contribution >= 4 is 11.9 Å². The molecule has 0 rings (SSSR count). The van der Waals surface area contributed by atoms with Gasteiger partial charge in [0.05, 0.1) is 25.4 Å². The average Bonchev–Trinajstić information content (AvgIpc) is 3.31. The second-order valence-corrected chi connectivity index (χ2v) is 19.6. The van der Waals surface area contributed by atoms with Crippen LogP contribution in [0.2, 0.25) is 0 Å². The van der Waals surface area contributed by atoms with Crippen LogP contribution < -0.4 is 5.32 Å². The lowest BCUT2D eigenvalue weighted by molar-refractivity contribution is -0.143. The van der Waals surface area contributed by atoms with Crippen LogP contribution in [0.25, 0.3) is 0 Å². The van der Waals surface area contributed by atoms with Gasteiger partial charge in [-0.3, -0.25) is 9.59 Å². The number of hydrogen-bond acceptors (Lipinski definition) is 5. The molecule has 0 radical (unpaired) electrons. The Balaban J connectivity index is 3.45. The van der Waals surface area contributed by atoms with Gasteiger partial charge in [-0.2, -0.15) is 0 Å². The molecule has 0 saturated carbocycles. The molecule has 65 heavy (non-hydrogen) atoms. The van der Waals surface area contributed by atoms with E-state index in [1.54, 1.807) is 6.08 Å². The zero-order chi connectivity index (χ0) is 47.2. The number of aliphatic hydroxyl groups is 2. The first-order chi connectivity index (χ1) is 32.0. The van der Waals surface area contributed by atoms with Gasteiger partial charge in [-0.1, -0.05) is 269 Å². The molecule has 0 aliphatic carbocycles. The molecule has 3 N–H and O–H groups in total. The Morgan fingerprint density at radius 3 is 1.23 bits per heavy atom. The van der Waals surface area contributed by atoms with Gasteiger partial charge in [0.25, 0.3) is 0 Å². The summed E-state index contributed by atoms with van der Waals surface area (Å²) >= 11 is 0. The number of carbonyl (C=O) groups excluding carboxylic acids is 2. The Labute approximate surface area is 404 Å². The number of esters is 1. The fourth-order valence-electron chi connectivity index (χ4n) is 8.73. The molecular formula is C59H111NO5. The molecule has 0 aliphatic heterocycles. The van der Waals surface area contributed by atoms with Crippen LogP contribution in [0, 0.1) is 0 Å². The van der Waals surface area contributed by atoms with E-state index >= 15 is 0 Å². The molecule has 0 heterocycles. The van der Waals surface area contributed by atoms with E-state index < -0.39 is 12.1 Å². The number of carbonyl (C=O) groups is 2. The highest BCUT2D eigenvalue weighted by molar-refractivity contribution is 5.76. The van der Waals surface area contributed by atoms with Crippen LogP contribution in [0.4, 0.5) is 0 Å². The van der Waals surface area contributed by atoms with Gasteiger partial charge in [0.15, 0.2) is 0 Å². The lowest BCUT2D eigenvalue weighted by Gasteiger charge is -2.20. The molecule has 1 amide bonds. The summed E-state index contributed by atoms with van der Waals surface area (Å²) in [5, 5.41) is 23.1. The molecule has 0 fully saturated rings. The highest BCUT2D eigenvalue weighted by Crippen LogP contribution is 2.17. The Morgan fingerprint density at radius 2 is 0.800 bits per heavy atom. The van der Waals surface area contributed by atoms with Gasteiger partial charge in [0.1, 0.15) is 0 Å². The number of rotatable bonds is 53. The highest BCUT2D eigenvalue weighted by atomic mass is 16.5. The summed E-state index contributed by atoms with van der Waals surface area (Å²) in [6.07, 6.45) is 67.3. The number of unbranched alkanes of at least 4 members (excludes halogenated alkanes) is 38. The topological polar surface area (TPSA) is 95.9 Å². The second-order valence-electron chi connectivity index (χ2n) is 19.6. The average molecular weight is 915 g/mol. The van der Waals surface area contributed by atoms with Crippen LogP contribution in [0.1, 0.15) is 303 Å². The molecule has 0 bridgehead atoms. The minimum atomic E-state index is -0.848. The number of amides is 1. The van der Waals surface area contributed by atoms with E-state index in [1.807, 2.05) is 6.08 Å². The first-order valence-electron chi connectivity index (χ1n) is 28.8. The van der Waals surface area contributed by atoms with Crippen LogP contribution in [-0.4, -0.2) is 47.4 Å². The molecule has 2 unspecified atom stereocenters. The second kappa shape index (κ2) is 54.7. The van der Waals surface area contributed by atoms with Crippen molar-refractivity contribution in [3.8, 4) is 0 Å². The fraction of sp³-hybridized carbons (Fsp3) is 0.864. The third-order valence-electron chi connectivity index (χ3n) is 13.1. The summed E-state index contributed by atoms with van der Waals surface area (Å²) < 4.78 is 5.46. The number of allylic oxidation sites excluding steroid dienone is 5. The summed E-state index contributed by atoms with van der Waals surface area (Å²) in [6.45, 7) is 4.83. The van der Waals surface area contributed by atoms with Gasteiger partial charge in [-0.05, 0) is 57.8 Å². The van der Waals surface area contributed by atoms with Crippen molar-refractivity contribution in [2.45, 2.75) is 315 Å². The SMILES string of the molecule is CCC/C=C\C/C=C\CCCCCCCC(=O)OCCCCCCCCCCCCCCCCCCCCC(=O)NC(CO)C(O)/C=C/CCCCCCCCCCCCCCCCC.